The summed E-state index contributed by atoms with van der Waals surface area (Å²) in [5, 5.41) is 7.76. The van der Waals surface area contributed by atoms with Crippen molar-refractivity contribution in [2.75, 3.05) is 11.9 Å². The molecule has 0 unspecified atom stereocenters. The van der Waals surface area contributed by atoms with Gasteiger partial charge in [0.15, 0.2) is 0 Å². The first-order valence-corrected chi connectivity index (χ1v) is 8.20. The average Bonchev–Trinajstić information content (AvgIpc) is 2.58. The van der Waals surface area contributed by atoms with Crippen LogP contribution in [0, 0.1) is 0 Å². The number of carbonyl (C=O) groups is 1. The number of benzene rings is 1. The van der Waals surface area contributed by atoms with E-state index < -0.39 is 0 Å². The number of anilines is 1. The van der Waals surface area contributed by atoms with Gasteiger partial charge in [0.1, 0.15) is 6.61 Å². The number of halogens is 2. The molecule has 24 heavy (non-hydrogen) atoms. The molecule has 0 saturated heterocycles. The maximum absolute atomic E-state index is 12.1. The molecule has 1 amide bonds. The molecule has 1 aromatic carbocycles. The SMILES string of the molecule is CCO/N=C(\CCC(=O)Nc1cccnc1)c1ccc(Cl)c(Cl)c1. The molecular weight excluding hydrogens is 349 g/mol. The highest BCUT2D eigenvalue weighted by molar-refractivity contribution is 6.42. The number of nitrogens with zero attached hydrogens (tertiary/aromatic N) is 2. The van der Waals surface area contributed by atoms with Crippen molar-refractivity contribution in [2.45, 2.75) is 19.8 Å². The summed E-state index contributed by atoms with van der Waals surface area (Å²) in [7, 11) is 0. The van der Waals surface area contributed by atoms with E-state index in [2.05, 4.69) is 15.5 Å². The van der Waals surface area contributed by atoms with Gasteiger partial charge in [0, 0.05) is 24.6 Å². The molecule has 7 heteroatoms. The summed E-state index contributed by atoms with van der Waals surface area (Å²) >= 11 is 12.0. The molecule has 0 spiro atoms. The molecule has 0 bridgehead atoms. The monoisotopic (exact) mass is 365 g/mol. The Morgan fingerprint density at radius 1 is 1.25 bits per heavy atom. The number of oxime groups is 1. The molecule has 5 nitrogen and oxygen atoms in total. The van der Waals surface area contributed by atoms with Gasteiger partial charge in [-0.1, -0.05) is 34.4 Å². The summed E-state index contributed by atoms with van der Waals surface area (Å²) < 4.78 is 0. The quantitative estimate of drug-likeness (QED) is 0.578. The highest BCUT2D eigenvalue weighted by Crippen LogP contribution is 2.23. The number of carbonyl (C=O) groups excluding carboxylic acids is 1. The number of aromatic nitrogens is 1. The maximum Gasteiger partial charge on any atom is 0.224 e. The second-order valence-corrected chi connectivity index (χ2v) is 5.69. The predicted octanol–water partition coefficient (Wildman–Crippen LogP) is 4.55. The van der Waals surface area contributed by atoms with Crippen LogP contribution in [-0.2, 0) is 9.63 Å². The second kappa shape index (κ2) is 9.25. The molecule has 1 heterocycles. The van der Waals surface area contributed by atoms with Crippen molar-refractivity contribution in [2.24, 2.45) is 5.16 Å². The zero-order valence-corrected chi connectivity index (χ0v) is 14.6. The van der Waals surface area contributed by atoms with Gasteiger partial charge >= 0.3 is 0 Å². The second-order valence-electron chi connectivity index (χ2n) is 4.87. The first-order chi connectivity index (χ1) is 11.6. The van der Waals surface area contributed by atoms with E-state index in [1.165, 1.54) is 0 Å². The highest BCUT2D eigenvalue weighted by atomic mass is 35.5. The zero-order valence-electron chi connectivity index (χ0n) is 13.1. The molecule has 0 atom stereocenters. The Morgan fingerprint density at radius 2 is 2.08 bits per heavy atom. The van der Waals surface area contributed by atoms with E-state index in [1.54, 1.807) is 42.7 Å². The van der Waals surface area contributed by atoms with E-state index in [-0.39, 0.29) is 12.3 Å². The van der Waals surface area contributed by atoms with E-state index in [4.69, 9.17) is 28.0 Å². The first kappa shape index (κ1) is 18.2. The Balaban J connectivity index is 2.03. The summed E-state index contributed by atoms with van der Waals surface area (Å²) in [5.74, 6) is -0.132. The molecular formula is C17H17Cl2N3O2. The van der Waals surface area contributed by atoms with Crippen LogP contribution in [0.2, 0.25) is 10.0 Å². The summed E-state index contributed by atoms with van der Waals surface area (Å²) in [6, 6.07) is 8.73. The molecule has 2 aromatic rings. The largest absolute Gasteiger partial charge is 0.396 e. The minimum Gasteiger partial charge on any atom is -0.396 e. The molecule has 2 rings (SSSR count). The third kappa shape index (κ3) is 5.51. The van der Waals surface area contributed by atoms with Crippen LogP contribution in [0.4, 0.5) is 5.69 Å². The fraction of sp³-hybridized carbons (Fsp3) is 0.235. The van der Waals surface area contributed by atoms with Crippen molar-refractivity contribution in [3.63, 3.8) is 0 Å². The van der Waals surface area contributed by atoms with Crippen LogP contribution < -0.4 is 5.32 Å². The van der Waals surface area contributed by atoms with Crippen LogP contribution >= 0.6 is 23.2 Å². The third-order valence-electron chi connectivity index (χ3n) is 3.09. The van der Waals surface area contributed by atoms with Gasteiger partial charge in [-0.2, -0.15) is 0 Å². The smallest absolute Gasteiger partial charge is 0.224 e. The molecule has 0 aliphatic carbocycles. The van der Waals surface area contributed by atoms with Crippen molar-refractivity contribution in [1.82, 2.24) is 4.98 Å². The van der Waals surface area contributed by atoms with Crippen molar-refractivity contribution < 1.29 is 9.63 Å². The van der Waals surface area contributed by atoms with E-state index >= 15 is 0 Å². The van der Waals surface area contributed by atoms with Gasteiger partial charge in [-0.15, -0.1) is 0 Å². The van der Waals surface area contributed by atoms with Gasteiger partial charge in [0.05, 0.1) is 27.6 Å². The first-order valence-electron chi connectivity index (χ1n) is 7.44. The van der Waals surface area contributed by atoms with Gasteiger partial charge in [-0.25, -0.2) is 0 Å². The number of pyridine rings is 1. The van der Waals surface area contributed by atoms with Gasteiger partial charge in [-0.05, 0) is 31.2 Å². The third-order valence-corrected chi connectivity index (χ3v) is 3.83. The molecule has 1 aromatic heterocycles. The predicted molar refractivity (Wildman–Crippen MR) is 96.7 cm³/mol. The van der Waals surface area contributed by atoms with Crippen LogP contribution in [0.5, 0.6) is 0 Å². The molecule has 0 fully saturated rings. The Labute approximate surface area is 150 Å². The fourth-order valence-electron chi connectivity index (χ4n) is 1.95. The Morgan fingerprint density at radius 3 is 2.75 bits per heavy atom. The zero-order chi connectivity index (χ0) is 17.4. The minimum absolute atomic E-state index is 0.132. The average molecular weight is 366 g/mol. The van der Waals surface area contributed by atoms with E-state index in [1.807, 2.05) is 6.92 Å². The van der Waals surface area contributed by atoms with Crippen LogP contribution in [0.3, 0.4) is 0 Å². The maximum atomic E-state index is 12.1. The van der Waals surface area contributed by atoms with Crippen LogP contribution in [-0.4, -0.2) is 23.2 Å². The minimum atomic E-state index is -0.132. The molecule has 0 aliphatic rings. The Bertz CT molecular complexity index is 721. The van der Waals surface area contributed by atoms with E-state index in [0.717, 1.165) is 5.56 Å². The summed E-state index contributed by atoms with van der Waals surface area (Å²) in [6.07, 6.45) is 3.89. The van der Waals surface area contributed by atoms with Crippen molar-refractivity contribution >= 4 is 40.5 Å². The van der Waals surface area contributed by atoms with Gasteiger partial charge in [-0.3, -0.25) is 9.78 Å². The lowest BCUT2D eigenvalue weighted by molar-refractivity contribution is -0.116. The number of rotatable bonds is 7. The van der Waals surface area contributed by atoms with Crippen LogP contribution in [0.25, 0.3) is 0 Å². The topological polar surface area (TPSA) is 63.6 Å². The summed E-state index contributed by atoms with van der Waals surface area (Å²) in [4.78, 5) is 21.2. The van der Waals surface area contributed by atoms with Gasteiger partial charge < -0.3 is 10.2 Å². The number of amides is 1. The molecule has 0 radical (unpaired) electrons. The number of hydrogen-bond donors (Lipinski definition) is 1. The Kier molecular flexibility index (Phi) is 7.03. The highest BCUT2D eigenvalue weighted by Gasteiger charge is 2.11. The standard InChI is InChI=1S/C17H17Cl2N3O2/c1-2-24-22-16(12-5-6-14(18)15(19)10-12)7-8-17(23)21-13-4-3-9-20-11-13/h3-6,9-11H,2,7-8H2,1H3,(H,21,23)/b22-16+. The lowest BCUT2D eigenvalue weighted by Crippen LogP contribution is -2.14. The molecule has 0 aliphatic heterocycles. The van der Waals surface area contributed by atoms with Crippen molar-refractivity contribution in [3.8, 4) is 0 Å². The van der Waals surface area contributed by atoms with E-state index in [0.29, 0.717) is 34.5 Å². The summed E-state index contributed by atoms with van der Waals surface area (Å²) in [6.45, 7) is 2.28. The molecule has 126 valence electrons. The lowest BCUT2D eigenvalue weighted by atomic mass is 10.1. The van der Waals surface area contributed by atoms with E-state index in [9.17, 15) is 4.79 Å². The van der Waals surface area contributed by atoms with Crippen LogP contribution in [0.15, 0.2) is 47.9 Å². The van der Waals surface area contributed by atoms with Gasteiger partial charge in [0.25, 0.3) is 0 Å². The molecule has 0 saturated carbocycles. The lowest BCUT2D eigenvalue weighted by Gasteiger charge is -2.08. The van der Waals surface area contributed by atoms with Crippen LogP contribution in [0.1, 0.15) is 25.3 Å². The Hall–Kier alpha value is -2.11. The molecule has 1 N–H and O–H groups in total. The normalized spacial score (nSPS) is 11.2. The number of hydrogen-bond acceptors (Lipinski definition) is 4. The van der Waals surface area contributed by atoms with Gasteiger partial charge in [0.2, 0.25) is 5.91 Å². The fourth-order valence-corrected chi connectivity index (χ4v) is 2.25. The van der Waals surface area contributed by atoms with Crippen molar-refractivity contribution in [3.05, 3.63) is 58.3 Å². The number of nitrogens with one attached hydrogen (secondary N) is 1. The summed E-state index contributed by atoms with van der Waals surface area (Å²) in [5.41, 5.74) is 2.06. The van der Waals surface area contributed by atoms with Crippen molar-refractivity contribution in [1.29, 1.82) is 0 Å².